The molecular formula is C13H19NO3. The molecule has 0 bridgehead atoms. The van der Waals surface area contributed by atoms with Gasteiger partial charge in [0.05, 0.1) is 14.2 Å². The molecule has 94 valence electrons. The predicted molar refractivity (Wildman–Crippen MR) is 67.0 cm³/mol. The highest BCUT2D eigenvalue weighted by molar-refractivity contribution is 5.99. The van der Waals surface area contributed by atoms with E-state index in [2.05, 4.69) is 0 Å². The molecular weight excluding hydrogens is 218 g/mol. The molecule has 0 radical (unpaired) electrons. The van der Waals surface area contributed by atoms with Crippen LogP contribution in [0.15, 0.2) is 6.07 Å². The summed E-state index contributed by atoms with van der Waals surface area (Å²) in [5.74, 6) is 1.30. The number of ketones is 1. The average Bonchev–Trinajstić information content (AvgIpc) is 2.28. The molecule has 0 unspecified atom stereocenters. The number of hydrogen-bond donors (Lipinski definition) is 1. The molecule has 0 heterocycles. The monoisotopic (exact) mass is 237 g/mol. The number of nitrogens with two attached hydrogens (primary N) is 1. The number of carbonyl (C=O) groups is 1. The topological polar surface area (TPSA) is 61.5 Å². The summed E-state index contributed by atoms with van der Waals surface area (Å²) < 4.78 is 10.5. The lowest BCUT2D eigenvalue weighted by atomic mass is 9.96. The predicted octanol–water partition coefficient (Wildman–Crippen LogP) is 1.85. The lowest BCUT2D eigenvalue weighted by Crippen LogP contribution is -2.12. The zero-order chi connectivity index (χ0) is 13.0. The van der Waals surface area contributed by atoms with Crippen molar-refractivity contribution in [1.29, 1.82) is 0 Å². The Kier molecular flexibility index (Phi) is 4.52. The van der Waals surface area contributed by atoms with Crippen LogP contribution in [-0.4, -0.2) is 26.5 Å². The molecule has 0 aliphatic carbocycles. The lowest BCUT2D eigenvalue weighted by molar-refractivity contribution is 0.0984. The maximum Gasteiger partial charge on any atom is 0.164 e. The van der Waals surface area contributed by atoms with Crippen molar-refractivity contribution in [3.63, 3.8) is 0 Å². The minimum absolute atomic E-state index is 0.0449. The van der Waals surface area contributed by atoms with Gasteiger partial charge in [-0.2, -0.15) is 0 Å². The first kappa shape index (κ1) is 13.5. The third-order valence-electron chi connectivity index (χ3n) is 2.76. The Hall–Kier alpha value is -1.55. The fourth-order valence-corrected chi connectivity index (χ4v) is 2.02. The van der Waals surface area contributed by atoms with E-state index >= 15 is 0 Å². The van der Waals surface area contributed by atoms with Gasteiger partial charge in [-0.1, -0.05) is 0 Å². The van der Waals surface area contributed by atoms with Crippen LogP contribution in [0.3, 0.4) is 0 Å². The molecule has 0 aromatic heterocycles. The van der Waals surface area contributed by atoms with Crippen LogP contribution in [0.25, 0.3) is 0 Å². The van der Waals surface area contributed by atoms with Gasteiger partial charge in [-0.15, -0.1) is 0 Å². The molecule has 0 spiro atoms. The van der Waals surface area contributed by atoms with Crippen LogP contribution in [0, 0.1) is 13.8 Å². The van der Waals surface area contributed by atoms with Crippen molar-refractivity contribution in [1.82, 2.24) is 0 Å². The quantitative estimate of drug-likeness (QED) is 0.794. The largest absolute Gasteiger partial charge is 0.493 e. The van der Waals surface area contributed by atoms with Crippen molar-refractivity contribution >= 4 is 5.78 Å². The van der Waals surface area contributed by atoms with Crippen molar-refractivity contribution in [3.05, 3.63) is 22.8 Å². The Morgan fingerprint density at radius 2 is 1.94 bits per heavy atom. The molecule has 0 amide bonds. The molecule has 0 saturated carbocycles. The summed E-state index contributed by atoms with van der Waals surface area (Å²) in [6, 6.07) is 1.82. The standard InChI is InChI=1S/C13H19NO3/c1-8-7-11(16-3)13(17-4)9(2)12(8)10(15)5-6-14/h7H,5-6,14H2,1-4H3. The first-order chi connectivity index (χ1) is 8.06. The normalized spacial score (nSPS) is 10.2. The first-order valence-corrected chi connectivity index (χ1v) is 5.52. The van der Waals surface area contributed by atoms with Gasteiger partial charge < -0.3 is 15.2 Å². The van der Waals surface area contributed by atoms with Crippen LogP contribution in [0.4, 0.5) is 0 Å². The number of carbonyl (C=O) groups excluding carboxylic acids is 1. The van der Waals surface area contributed by atoms with E-state index in [1.54, 1.807) is 14.2 Å². The van der Waals surface area contributed by atoms with Crippen molar-refractivity contribution in [3.8, 4) is 11.5 Å². The summed E-state index contributed by atoms with van der Waals surface area (Å²) in [4.78, 5) is 12.0. The Bertz CT molecular complexity index is 427. The molecule has 17 heavy (non-hydrogen) atoms. The van der Waals surface area contributed by atoms with Crippen molar-refractivity contribution in [2.75, 3.05) is 20.8 Å². The van der Waals surface area contributed by atoms with Crippen LogP contribution < -0.4 is 15.2 Å². The van der Waals surface area contributed by atoms with Gasteiger partial charge in [0.15, 0.2) is 17.3 Å². The second-order valence-electron chi connectivity index (χ2n) is 3.89. The number of hydrogen-bond acceptors (Lipinski definition) is 4. The Morgan fingerprint density at radius 3 is 2.41 bits per heavy atom. The number of Topliss-reactive ketones (excluding diaryl/α,β-unsaturated/α-hetero) is 1. The molecule has 0 saturated heterocycles. The highest BCUT2D eigenvalue weighted by Gasteiger charge is 2.18. The van der Waals surface area contributed by atoms with Crippen LogP contribution in [0.1, 0.15) is 27.9 Å². The van der Waals surface area contributed by atoms with Crippen LogP contribution in [-0.2, 0) is 0 Å². The van der Waals surface area contributed by atoms with Gasteiger partial charge in [-0.3, -0.25) is 4.79 Å². The third-order valence-corrected chi connectivity index (χ3v) is 2.76. The third kappa shape index (κ3) is 2.58. The first-order valence-electron chi connectivity index (χ1n) is 5.52. The molecule has 0 aliphatic heterocycles. The highest BCUT2D eigenvalue weighted by Crippen LogP contribution is 2.35. The van der Waals surface area contributed by atoms with Gasteiger partial charge in [0.2, 0.25) is 0 Å². The Morgan fingerprint density at radius 1 is 1.29 bits per heavy atom. The van der Waals surface area contributed by atoms with Gasteiger partial charge in [-0.25, -0.2) is 0 Å². The summed E-state index contributed by atoms with van der Waals surface area (Å²) in [5.41, 5.74) is 7.80. The van der Waals surface area contributed by atoms with Crippen LogP contribution >= 0.6 is 0 Å². The zero-order valence-electron chi connectivity index (χ0n) is 10.8. The fraction of sp³-hybridized carbons (Fsp3) is 0.462. The molecule has 1 rings (SSSR count). The molecule has 2 N–H and O–H groups in total. The van der Waals surface area contributed by atoms with Gasteiger partial charge >= 0.3 is 0 Å². The van der Waals surface area contributed by atoms with E-state index in [0.717, 1.165) is 11.1 Å². The van der Waals surface area contributed by atoms with Crippen molar-refractivity contribution < 1.29 is 14.3 Å². The van der Waals surface area contributed by atoms with Crippen molar-refractivity contribution in [2.24, 2.45) is 5.73 Å². The van der Waals surface area contributed by atoms with E-state index < -0.39 is 0 Å². The molecule has 4 heteroatoms. The van der Waals surface area contributed by atoms with Gasteiger partial charge in [0.25, 0.3) is 0 Å². The molecule has 0 atom stereocenters. The summed E-state index contributed by atoms with van der Waals surface area (Å²) >= 11 is 0. The van der Waals surface area contributed by atoms with Crippen LogP contribution in [0.2, 0.25) is 0 Å². The number of ether oxygens (including phenoxy) is 2. The minimum Gasteiger partial charge on any atom is -0.493 e. The highest BCUT2D eigenvalue weighted by atomic mass is 16.5. The summed E-state index contributed by atoms with van der Waals surface area (Å²) in [6.07, 6.45) is 0.344. The molecule has 0 fully saturated rings. The summed E-state index contributed by atoms with van der Waals surface area (Å²) in [7, 11) is 3.15. The van der Waals surface area contributed by atoms with Gasteiger partial charge in [0, 0.05) is 17.5 Å². The van der Waals surface area contributed by atoms with E-state index in [-0.39, 0.29) is 5.78 Å². The van der Waals surface area contributed by atoms with Gasteiger partial charge in [0.1, 0.15) is 0 Å². The maximum atomic E-state index is 12.0. The second kappa shape index (κ2) is 5.68. The SMILES string of the molecule is COc1cc(C)c(C(=O)CCN)c(C)c1OC. The molecule has 0 aliphatic rings. The van der Waals surface area contributed by atoms with Gasteiger partial charge in [-0.05, 0) is 32.0 Å². The van der Waals surface area contributed by atoms with E-state index in [0.29, 0.717) is 30.0 Å². The zero-order valence-corrected chi connectivity index (χ0v) is 10.8. The maximum absolute atomic E-state index is 12.0. The minimum atomic E-state index is 0.0449. The molecule has 4 nitrogen and oxygen atoms in total. The summed E-state index contributed by atoms with van der Waals surface area (Å²) in [6.45, 7) is 4.10. The van der Waals surface area contributed by atoms with E-state index in [1.807, 2.05) is 19.9 Å². The Balaban J connectivity index is 3.36. The van der Waals surface area contributed by atoms with Crippen LogP contribution in [0.5, 0.6) is 11.5 Å². The number of methoxy groups -OCH3 is 2. The molecule has 1 aromatic rings. The molecule has 1 aromatic carbocycles. The smallest absolute Gasteiger partial charge is 0.164 e. The van der Waals surface area contributed by atoms with E-state index in [4.69, 9.17) is 15.2 Å². The van der Waals surface area contributed by atoms with E-state index in [9.17, 15) is 4.79 Å². The average molecular weight is 237 g/mol. The number of benzene rings is 1. The number of aryl methyl sites for hydroxylation is 1. The Labute approximate surface area is 102 Å². The fourth-order valence-electron chi connectivity index (χ4n) is 2.02. The summed E-state index contributed by atoms with van der Waals surface area (Å²) in [5, 5.41) is 0. The van der Waals surface area contributed by atoms with Crippen molar-refractivity contribution in [2.45, 2.75) is 20.3 Å². The number of rotatable bonds is 5. The lowest BCUT2D eigenvalue weighted by Gasteiger charge is -2.16. The second-order valence-corrected chi connectivity index (χ2v) is 3.89. The van der Waals surface area contributed by atoms with E-state index in [1.165, 1.54) is 0 Å².